The summed E-state index contributed by atoms with van der Waals surface area (Å²) in [5.74, 6) is 0.749. The Hall–Kier alpha value is -3.59. The van der Waals surface area contributed by atoms with Gasteiger partial charge < -0.3 is 9.80 Å². The summed E-state index contributed by atoms with van der Waals surface area (Å²) in [6.07, 6.45) is 1.21. The number of carbonyl (C=O) groups is 2. The summed E-state index contributed by atoms with van der Waals surface area (Å²) in [5, 5.41) is 4.63. The largest absolute Gasteiger partial charge is 0.340 e. The van der Waals surface area contributed by atoms with Crippen molar-refractivity contribution in [3.63, 3.8) is 0 Å². The van der Waals surface area contributed by atoms with Crippen molar-refractivity contribution in [1.29, 1.82) is 0 Å². The fourth-order valence-electron chi connectivity index (χ4n) is 5.22. The number of amides is 2. The van der Waals surface area contributed by atoms with Gasteiger partial charge >= 0.3 is 0 Å². The minimum atomic E-state index is 0.0848. The van der Waals surface area contributed by atoms with E-state index < -0.39 is 0 Å². The predicted octanol–water partition coefficient (Wildman–Crippen LogP) is 2.17. The number of carbonyl (C=O) groups excluding carboxylic acids is 2. The average Bonchev–Trinajstić information content (AvgIpc) is 3.40. The van der Waals surface area contributed by atoms with Gasteiger partial charge in [-0.25, -0.2) is 14.6 Å². The molecule has 9 nitrogen and oxygen atoms in total. The number of rotatable bonds is 5. The highest BCUT2D eigenvalue weighted by atomic mass is 16.2. The fraction of sp³-hybridized carbons (Fsp3) is 0.444. The molecule has 5 rings (SSSR count). The van der Waals surface area contributed by atoms with Crippen LogP contribution in [0.2, 0.25) is 0 Å². The van der Waals surface area contributed by atoms with E-state index in [4.69, 9.17) is 0 Å². The summed E-state index contributed by atoms with van der Waals surface area (Å²) in [5.41, 5.74) is 6.67. The molecule has 36 heavy (non-hydrogen) atoms. The van der Waals surface area contributed by atoms with Crippen molar-refractivity contribution in [2.24, 2.45) is 0 Å². The third kappa shape index (κ3) is 4.75. The SMILES string of the molecule is Cc1cc(C)nc(-n2nc(C)c(CC(=O)N3CCN(CC(=O)N4CCc5ccccc54)CC3)c2C)n1. The highest BCUT2D eigenvalue weighted by Gasteiger charge is 2.28. The molecule has 188 valence electrons. The number of aromatic nitrogens is 4. The number of piperazine rings is 1. The Morgan fingerprint density at radius 3 is 2.31 bits per heavy atom. The van der Waals surface area contributed by atoms with Crippen LogP contribution in [0.1, 0.15) is 33.9 Å². The van der Waals surface area contributed by atoms with Crippen LogP contribution in [0.3, 0.4) is 0 Å². The van der Waals surface area contributed by atoms with E-state index in [9.17, 15) is 9.59 Å². The van der Waals surface area contributed by atoms with E-state index in [1.165, 1.54) is 5.56 Å². The maximum absolute atomic E-state index is 13.2. The monoisotopic (exact) mass is 487 g/mol. The molecule has 0 radical (unpaired) electrons. The van der Waals surface area contributed by atoms with Gasteiger partial charge in [-0.15, -0.1) is 0 Å². The number of hydrogen-bond acceptors (Lipinski definition) is 6. The van der Waals surface area contributed by atoms with Gasteiger partial charge in [0.1, 0.15) is 0 Å². The van der Waals surface area contributed by atoms with Crippen molar-refractivity contribution in [3.8, 4) is 5.95 Å². The van der Waals surface area contributed by atoms with Gasteiger partial charge in [0.05, 0.1) is 18.7 Å². The van der Waals surface area contributed by atoms with Crippen molar-refractivity contribution in [2.45, 2.75) is 40.5 Å². The Morgan fingerprint density at radius 1 is 0.889 bits per heavy atom. The maximum atomic E-state index is 13.2. The van der Waals surface area contributed by atoms with Gasteiger partial charge in [-0.1, -0.05) is 18.2 Å². The Bertz CT molecular complexity index is 1290. The lowest BCUT2D eigenvalue weighted by Gasteiger charge is -2.35. The molecule has 1 fully saturated rings. The third-order valence-electron chi connectivity index (χ3n) is 7.20. The lowest BCUT2D eigenvalue weighted by molar-refractivity contribution is -0.132. The summed E-state index contributed by atoms with van der Waals surface area (Å²) >= 11 is 0. The van der Waals surface area contributed by atoms with Crippen molar-refractivity contribution in [1.82, 2.24) is 29.5 Å². The van der Waals surface area contributed by atoms with Crippen molar-refractivity contribution >= 4 is 17.5 Å². The van der Waals surface area contributed by atoms with Crippen LogP contribution in [-0.4, -0.2) is 80.6 Å². The zero-order chi connectivity index (χ0) is 25.4. The van der Waals surface area contributed by atoms with Crippen LogP contribution in [0.25, 0.3) is 5.95 Å². The molecule has 2 amide bonds. The van der Waals surface area contributed by atoms with Gasteiger partial charge in [0.25, 0.3) is 5.95 Å². The van der Waals surface area contributed by atoms with E-state index in [1.54, 1.807) is 4.68 Å². The zero-order valence-electron chi connectivity index (χ0n) is 21.5. The van der Waals surface area contributed by atoms with E-state index in [-0.39, 0.29) is 11.8 Å². The molecule has 2 aromatic heterocycles. The molecule has 0 atom stereocenters. The molecule has 1 saturated heterocycles. The average molecular weight is 488 g/mol. The summed E-state index contributed by atoms with van der Waals surface area (Å²) < 4.78 is 1.73. The molecule has 3 aromatic rings. The van der Waals surface area contributed by atoms with Crippen LogP contribution in [0.15, 0.2) is 30.3 Å². The summed E-state index contributed by atoms with van der Waals surface area (Å²) in [7, 11) is 0. The molecule has 0 aliphatic carbocycles. The van der Waals surface area contributed by atoms with Crippen molar-refractivity contribution < 1.29 is 9.59 Å². The first-order valence-electron chi connectivity index (χ1n) is 12.6. The standard InChI is InChI=1S/C27H33N7O2/c1-18-15-19(2)29-27(28-18)34-21(4)23(20(3)30-34)16-25(35)32-13-11-31(12-14-32)17-26(36)33-10-9-22-7-5-6-8-24(22)33/h5-8,15H,9-14,16-17H2,1-4H3. The van der Waals surface area contributed by atoms with E-state index in [0.717, 1.165) is 47.0 Å². The van der Waals surface area contributed by atoms with E-state index in [0.29, 0.717) is 45.1 Å². The molecule has 2 aliphatic rings. The molecular formula is C27H33N7O2. The number of fused-ring (bicyclic) bond motifs is 1. The minimum Gasteiger partial charge on any atom is -0.340 e. The van der Waals surface area contributed by atoms with E-state index in [1.807, 2.05) is 61.8 Å². The minimum absolute atomic E-state index is 0.0848. The fourth-order valence-corrected chi connectivity index (χ4v) is 5.22. The van der Waals surface area contributed by atoms with Crippen molar-refractivity contribution in [2.75, 3.05) is 44.2 Å². The third-order valence-corrected chi connectivity index (χ3v) is 7.20. The molecule has 0 bridgehead atoms. The van der Waals surface area contributed by atoms with Crippen LogP contribution < -0.4 is 4.90 Å². The van der Waals surface area contributed by atoms with Crippen LogP contribution in [0.4, 0.5) is 5.69 Å². The number of hydrogen-bond donors (Lipinski definition) is 0. The Kier molecular flexibility index (Phi) is 6.57. The van der Waals surface area contributed by atoms with Crippen LogP contribution in [0.5, 0.6) is 0 Å². The first-order chi connectivity index (χ1) is 17.3. The van der Waals surface area contributed by atoms with Gasteiger partial charge in [-0.3, -0.25) is 14.5 Å². The normalized spacial score (nSPS) is 15.9. The van der Waals surface area contributed by atoms with E-state index >= 15 is 0 Å². The Morgan fingerprint density at radius 2 is 1.58 bits per heavy atom. The van der Waals surface area contributed by atoms with Gasteiger partial charge in [0.15, 0.2) is 0 Å². The second kappa shape index (κ2) is 9.81. The highest BCUT2D eigenvalue weighted by Crippen LogP contribution is 2.27. The molecule has 0 N–H and O–H groups in total. The number of para-hydroxylation sites is 1. The molecule has 2 aliphatic heterocycles. The quantitative estimate of drug-likeness (QED) is 0.548. The first kappa shape index (κ1) is 24.1. The number of anilines is 1. The molecule has 0 saturated carbocycles. The van der Waals surface area contributed by atoms with E-state index in [2.05, 4.69) is 26.0 Å². The Labute approximate surface area is 211 Å². The number of aryl methyl sites for hydroxylation is 3. The van der Waals surface area contributed by atoms with Crippen molar-refractivity contribution in [3.05, 3.63) is 64.2 Å². The molecular weight excluding hydrogens is 454 g/mol. The number of nitrogens with zero attached hydrogens (tertiary/aromatic N) is 7. The van der Waals surface area contributed by atoms with Crippen LogP contribution >= 0.6 is 0 Å². The smallest absolute Gasteiger partial charge is 0.251 e. The molecule has 9 heteroatoms. The second-order valence-electron chi connectivity index (χ2n) is 9.77. The number of benzene rings is 1. The topological polar surface area (TPSA) is 87.5 Å². The Balaban J connectivity index is 1.18. The van der Waals surface area contributed by atoms with Gasteiger partial charge in [-0.2, -0.15) is 5.10 Å². The lowest BCUT2D eigenvalue weighted by atomic mass is 10.1. The van der Waals surface area contributed by atoms with Gasteiger partial charge in [-0.05, 0) is 51.8 Å². The molecule has 4 heterocycles. The van der Waals surface area contributed by atoms with Crippen LogP contribution in [0, 0.1) is 27.7 Å². The van der Waals surface area contributed by atoms with Gasteiger partial charge in [0, 0.05) is 61.1 Å². The summed E-state index contributed by atoms with van der Waals surface area (Å²) in [6.45, 7) is 11.5. The predicted molar refractivity (Wildman–Crippen MR) is 137 cm³/mol. The summed E-state index contributed by atoms with van der Waals surface area (Å²) in [6, 6.07) is 10.0. The molecule has 0 unspecified atom stereocenters. The van der Waals surface area contributed by atoms with Gasteiger partial charge in [0.2, 0.25) is 11.8 Å². The molecule has 1 aromatic carbocycles. The molecule has 0 spiro atoms. The summed E-state index contributed by atoms with van der Waals surface area (Å²) in [4.78, 5) is 41.1. The lowest BCUT2D eigenvalue weighted by Crippen LogP contribution is -2.51. The first-order valence-corrected chi connectivity index (χ1v) is 12.6. The second-order valence-corrected chi connectivity index (χ2v) is 9.77. The van der Waals surface area contributed by atoms with Crippen LogP contribution in [-0.2, 0) is 22.4 Å². The highest BCUT2D eigenvalue weighted by molar-refractivity contribution is 5.96. The maximum Gasteiger partial charge on any atom is 0.251 e. The zero-order valence-corrected chi connectivity index (χ0v) is 21.5.